The normalized spacial score (nSPS) is 20.4. The molecule has 18 heavy (non-hydrogen) atoms. The van der Waals surface area contributed by atoms with Gasteiger partial charge in [0, 0.05) is 0 Å². The Kier molecular flexibility index (Phi) is 3.67. The van der Waals surface area contributed by atoms with Crippen LogP contribution in [0.1, 0.15) is 21.2 Å². The molecule has 3 rings (SSSR count). The van der Waals surface area contributed by atoms with Crippen LogP contribution in [0.5, 0.6) is 0 Å². The first kappa shape index (κ1) is 12.6. The van der Waals surface area contributed by atoms with Crippen molar-refractivity contribution in [3.8, 4) is 0 Å². The second kappa shape index (κ2) is 5.26. The molecular formula is C16H19HfSi. The monoisotopic (exact) mass is 419 g/mol. The molecule has 0 saturated heterocycles. The molecule has 0 saturated carbocycles. The van der Waals surface area contributed by atoms with Gasteiger partial charge in [-0.15, -0.1) is 0 Å². The molecule has 0 aromatic heterocycles. The molecule has 0 aliphatic heterocycles. The van der Waals surface area contributed by atoms with E-state index in [-0.39, 0.29) is 0 Å². The number of hydrogen-bond donors (Lipinski definition) is 0. The zero-order chi connectivity index (χ0) is 12.5. The fraction of sp³-hybridized carbons (Fsp3) is 0.250. The third-order valence-electron chi connectivity index (χ3n) is 3.90. The van der Waals surface area contributed by atoms with E-state index in [1.165, 1.54) is 12.0 Å². The summed E-state index contributed by atoms with van der Waals surface area (Å²) in [5.74, 6) is -0.497. The van der Waals surface area contributed by atoms with Gasteiger partial charge < -0.3 is 0 Å². The second-order valence-corrected chi connectivity index (χ2v) is 33.1. The summed E-state index contributed by atoms with van der Waals surface area (Å²) in [7, 11) is 0. The molecule has 0 amide bonds. The van der Waals surface area contributed by atoms with Crippen LogP contribution in [0.4, 0.5) is 0 Å². The predicted octanol–water partition coefficient (Wildman–Crippen LogP) is 4.20. The van der Waals surface area contributed by atoms with Gasteiger partial charge in [-0.1, -0.05) is 0 Å². The van der Waals surface area contributed by atoms with Crippen molar-refractivity contribution in [1.82, 2.24) is 0 Å². The van der Waals surface area contributed by atoms with Gasteiger partial charge in [0.1, 0.15) is 0 Å². The summed E-state index contributed by atoms with van der Waals surface area (Å²) in [5, 5.41) is 0. The van der Waals surface area contributed by atoms with E-state index in [1.54, 1.807) is 5.56 Å². The summed E-state index contributed by atoms with van der Waals surface area (Å²) < 4.78 is 2.71. The first-order chi connectivity index (χ1) is 8.77. The van der Waals surface area contributed by atoms with Crippen molar-refractivity contribution in [3.63, 3.8) is 0 Å². The van der Waals surface area contributed by atoms with E-state index in [0.717, 1.165) is 3.67 Å². The van der Waals surface area contributed by atoms with E-state index in [0.29, 0.717) is 0 Å². The van der Waals surface area contributed by atoms with Crippen molar-refractivity contribution < 1.29 is 20.6 Å². The van der Waals surface area contributed by atoms with Crippen LogP contribution in [0.3, 0.4) is 0 Å². The second-order valence-electron chi connectivity index (χ2n) is 5.40. The predicted molar refractivity (Wildman–Crippen MR) is 78.9 cm³/mol. The van der Waals surface area contributed by atoms with E-state index in [2.05, 4.69) is 67.7 Å². The Morgan fingerprint density at radius 1 is 1.22 bits per heavy atom. The van der Waals surface area contributed by atoms with E-state index < -0.39 is 26.6 Å². The van der Waals surface area contributed by atoms with Gasteiger partial charge in [-0.05, 0) is 0 Å². The summed E-state index contributed by atoms with van der Waals surface area (Å²) >= 11 is -1.64. The minimum atomic E-state index is -1.64. The summed E-state index contributed by atoms with van der Waals surface area (Å²) in [6, 6.07) is 9.02. The van der Waals surface area contributed by atoms with Crippen LogP contribution in [0.2, 0.25) is 13.1 Å². The van der Waals surface area contributed by atoms with E-state index in [9.17, 15) is 0 Å². The van der Waals surface area contributed by atoms with Crippen molar-refractivity contribution in [2.24, 2.45) is 0 Å². The average molecular weight is 418 g/mol. The summed E-state index contributed by atoms with van der Waals surface area (Å²) in [4.78, 5) is 0. The third-order valence-corrected chi connectivity index (χ3v) is 32.7. The Hall–Kier alpha value is -0.473. The molecule has 1 unspecified atom stereocenters. The van der Waals surface area contributed by atoms with Gasteiger partial charge in [-0.3, -0.25) is 0 Å². The fourth-order valence-electron chi connectivity index (χ4n) is 3.11. The van der Waals surface area contributed by atoms with E-state index in [4.69, 9.17) is 0 Å². The SMILES string of the molecule is C[SiH](C)[Hf]([C]1=CC=CC1)[CH]1C=Cc2ccccc21. The third kappa shape index (κ3) is 2.21. The molecule has 2 aliphatic rings. The Morgan fingerprint density at radius 3 is 2.78 bits per heavy atom. The van der Waals surface area contributed by atoms with Gasteiger partial charge in [-0.25, -0.2) is 0 Å². The maximum atomic E-state index is 2.58. The zero-order valence-corrected chi connectivity index (χ0v) is 15.8. The number of fused-ring (bicyclic) bond motifs is 1. The van der Waals surface area contributed by atoms with Gasteiger partial charge in [0.25, 0.3) is 0 Å². The van der Waals surface area contributed by atoms with Crippen LogP contribution in [-0.4, -0.2) is 5.98 Å². The minimum absolute atomic E-state index is 0.497. The van der Waals surface area contributed by atoms with Crippen molar-refractivity contribution >= 4 is 12.1 Å². The van der Waals surface area contributed by atoms with Crippen LogP contribution in [0.25, 0.3) is 6.08 Å². The van der Waals surface area contributed by atoms with Crippen molar-refractivity contribution in [2.75, 3.05) is 0 Å². The number of hydrogen-bond acceptors (Lipinski definition) is 0. The number of allylic oxidation sites excluding steroid dienone is 5. The Bertz CT molecular complexity index is 540. The summed E-state index contributed by atoms with van der Waals surface area (Å²) in [5.41, 5.74) is 3.11. The van der Waals surface area contributed by atoms with Gasteiger partial charge >= 0.3 is 119 Å². The van der Waals surface area contributed by atoms with Gasteiger partial charge in [0.05, 0.1) is 0 Å². The molecule has 0 spiro atoms. The molecule has 0 heterocycles. The maximum absolute atomic E-state index is 2.58. The average Bonchev–Trinajstić information content (AvgIpc) is 3.00. The number of rotatable bonds is 3. The van der Waals surface area contributed by atoms with Crippen LogP contribution < -0.4 is 0 Å². The molecule has 1 aromatic carbocycles. The van der Waals surface area contributed by atoms with Crippen LogP contribution in [-0.2, 0) is 20.6 Å². The van der Waals surface area contributed by atoms with Crippen LogP contribution in [0, 0.1) is 0 Å². The molecule has 0 nitrogen and oxygen atoms in total. The molecule has 91 valence electrons. The van der Waals surface area contributed by atoms with Gasteiger partial charge in [0.15, 0.2) is 0 Å². The molecule has 1 atom stereocenters. The fourth-order valence-corrected chi connectivity index (χ4v) is 31.4. The molecule has 2 heteroatoms. The van der Waals surface area contributed by atoms with E-state index in [1.807, 2.05) is 3.33 Å². The van der Waals surface area contributed by atoms with Crippen LogP contribution >= 0.6 is 0 Å². The van der Waals surface area contributed by atoms with Gasteiger partial charge in [0.2, 0.25) is 0 Å². The van der Waals surface area contributed by atoms with Crippen LogP contribution in [0.15, 0.2) is 51.9 Å². The van der Waals surface area contributed by atoms with Gasteiger partial charge in [-0.2, -0.15) is 0 Å². The molecule has 0 fully saturated rings. The molecule has 0 radical (unpaired) electrons. The first-order valence-electron chi connectivity index (χ1n) is 6.77. The van der Waals surface area contributed by atoms with Crippen molar-refractivity contribution in [2.45, 2.75) is 23.2 Å². The Labute approximate surface area is 118 Å². The van der Waals surface area contributed by atoms with E-state index >= 15 is 0 Å². The summed E-state index contributed by atoms with van der Waals surface area (Å²) in [6.07, 6.45) is 13.2. The molecule has 0 N–H and O–H groups in total. The first-order valence-corrected chi connectivity index (χ1v) is 19.8. The van der Waals surface area contributed by atoms with Crippen molar-refractivity contribution in [3.05, 3.63) is 63.0 Å². The quantitative estimate of drug-likeness (QED) is 0.647. The standard InChI is InChI=1S/C9H7.C5H5.C2H7Si.Hf/c1-2-5-9-7-3-6-8(9)4-1;1-2-4-5-3-1;1-3-2;/h1-7H;1-3H,4H2;3H,1-2H3;. The number of benzene rings is 1. The zero-order valence-electron chi connectivity index (χ0n) is 11.1. The summed E-state index contributed by atoms with van der Waals surface area (Å²) in [6.45, 7) is 5.16. The molecular weight excluding hydrogens is 399 g/mol. The molecule has 0 bridgehead atoms. The molecule has 1 aromatic rings. The topological polar surface area (TPSA) is 0 Å². The Balaban J connectivity index is 1.96. The van der Waals surface area contributed by atoms with Crippen molar-refractivity contribution in [1.29, 1.82) is 0 Å². The molecule has 2 aliphatic carbocycles. The Morgan fingerprint density at radius 2 is 2.06 bits per heavy atom.